The van der Waals surface area contributed by atoms with E-state index in [-0.39, 0.29) is 11.0 Å². The number of amides is 1. The van der Waals surface area contributed by atoms with Crippen LogP contribution in [0.5, 0.6) is 11.5 Å². The number of oxazole rings is 1. The van der Waals surface area contributed by atoms with Crippen LogP contribution in [0.15, 0.2) is 52.9 Å². The molecule has 34 heavy (non-hydrogen) atoms. The van der Waals surface area contributed by atoms with Crippen LogP contribution in [0.2, 0.25) is 10.0 Å². The lowest BCUT2D eigenvalue weighted by atomic mass is 10.1. The summed E-state index contributed by atoms with van der Waals surface area (Å²) in [5.74, 6) is 1.17. The molecule has 0 aliphatic carbocycles. The molecule has 2 N–H and O–H groups in total. The van der Waals surface area contributed by atoms with E-state index in [0.717, 1.165) is 11.1 Å². The van der Waals surface area contributed by atoms with E-state index >= 15 is 0 Å². The molecular formula is C24H17Cl2N3O4S. The fraction of sp³-hybridized carbons (Fsp3) is 0.125. The number of nitrogens with zero attached hydrogens (tertiary/aromatic N) is 1. The third-order valence-electron chi connectivity index (χ3n) is 5.25. The summed E-state index contributed by atoms with van der Waals surface area (Å²) in [6.45, 7) is 2.81. The number of anilines is 1. The maximum Gasteiger partial charge on any atom is 0.257 e. The number of benzene rings is 3. The predicted octanol–water partition coefficient (Wildman–Crippen LogP) is 6.01. The van der Waals surface area contributed by atoms with Gasteiger partial charge in [-0.1, -0.05) is 29.3 Å². The molecule has 1 aliphatic heterocycles. The Balaban J connectivity index is 1.34. The molecule has 5 rings (SSSR count). The first kappa shape index (κ1) is 22.5. The highest BCUT2D eigenvalue weighted by atomic mass is 35.5. The fourth-order valence-electron chi connectivity index (χ4n) is 3.59. The highest BCUT2D eigenvalue weighted by molar-refractivity contribution is 7.80. The molecule has 0 fully saturated rings. The van der Waals surface area contributed by atoms with E-state index in [1.165, 1.54) is 0 Å². The summed E-state index contributed by atoms with van der Waals surface area (Å²) in [6.07, 6.45) is 0. The van der Waals surface area contributed by atoms with Gasteiger partial charge in [0.25, 0.3) is 5.91 Å². The van der Waals surface area contributed by atoms with Crippen molar-refractivity contribution in [3.63, 3.8) is 0 Å². The Hall–Kier alpha value is -3.33. The van der Waals surface area contributed by atoms with Gasteiger partial charge in [-0.15, -0.1) is 0 Å². The Bertz CT molecular complexity index is 1450. The molecule has 0 bridgehead atoms. The second kappa shape index (κ2) is 9.13. The first-order valence-corrected chi connectivity index (χ1v) is 11.4. The van der Waals surface area contributed by atoms with Crippen molar-refractivity contribution in [3.8, 4) is 23.0 Å². The number of hydrogen-bond acceptors (Lipinski definition) is 6. The van der Waals surface area contributed by atoms with Crippen molar-refractivity contribution in [2.45, 2.75) is 6.92 Å². The van der Waals surface area contributed by atoms with Crippen molar-refractivity contribution in [1.82, 2.24) is 10.3 Å². The average molecular weight is 514 g/mol. The molecule has 1 aliphatic rings. The molecule has 4 aromatic rings. The Kier molecular flexibility index (Phi) is 6.03. The first-order chi connectivity index (χ1) is 16.4. The number of hydrogen-bond donors (Lipinski definition) is 2. The Morgan fingerprint density at radius 3 is 2.68 bits per heavy atom. The fourth-order valence-corrected chi connectivity index (χ4v) is 4.32. The Morgan fingerprint density at radius 1 is 1.06 bits per heavy atom. The third kappa shape index (κ3) is 4.40. The molecule has 1 aromatic heterocycles. The van der Waals surface area contributed by atoms with Gasteiger partial charge in [0.2, 0.25) is 5.89 Å². The topological polar surface area (TPSA) is 85.6 Å². The normalized spacial score (nSPS) is 12.4. The minimum atomic E-state index is -0.367. The molecule has 10 heteroatoms. The number of carbonyl (C=O) groups is 1. The van der Waals surface area contributed by atoms with Gasteiger partial charge in [-0.2, -0.15) is 0 Å². The van der Waals surface area contributed by atoms with Gasteiger partial charge >= 0.3 is 0 Å². The maximum absolute atomic E-state index is 12.7. The van der Waals surface area contributed by atoms with Crippen LogP contribution < -0.4 is 20.1 Å². The van der Waals surface area contributed by atoms with E-state index in [4.69, 9.17) is 49.3 Å². The molecule has 172 valence electrons. The zero-order valence-electron chi connectivity index (χ0n) is 17.8. The standard InChI is InChI=1S/C24H17Cl2N3O4S/c1-12-15(23-27-18-11-14(25)10-16(26)21(18)33-23)3-2-4-17(12)28-24(34)29-22(30)13-5-6-19-20(9-13)32-8-7-31-19/h2-6,9-11H,7-8H2,1H3,(H2,28,29,30,34). The van der Waals surface area contributed by atoms with E-state index in [1.54, 1.807) is 30.3 Å². The van der Waals surface area contributed by atoms with Crippen molar-refractivity contribution >= 4 is 63.2 Å². The van der Waals surface area contributed by atoms with E-state index < -0.39 is 0 Å². The minimum Gasteiger partial charge on any atom is -0.486 e. The van der Waals surface area contributed by atoms with Crippen molar-refractivity contribution < 1.29 is 18.7 Å². The Morgan fingerprint density at radius 2 is 1.85 bits per heavy atom. The predicted molar refractivity (Wildman–Crippen MR) is 135 cm³/mol. The molecule has 3 aromatic carbocycles. The van der Waals surface area contributed by atoms with Gasteiger partial charge in [0.15, 0.2) is 22.2 Å². The van der Waals surface area contributed by atoms with E-state index in [9.17, 15) is 4.79 Å². The van der Waals surface area contributed by atoms with Gasteiger partial charge in [0.05, 0.1) is 5.02 Å². The molecule has 7 nitrogen and oxygen atoms in total. The molecular weight excluding hydrogens is 497 g/mol. The van der Waals surface area contributed by atoms with Crippen LogP contribution in [0.4, 0.5) is 5.69 Å². The number of thiocarbonyl (C=S) groups is 1. The van der Waals surface area contributed by atoms with Gasteiger partial charge in [-0.3, -0.25) is 10.1 Å². The number of halogens is 2. The summed E-state index contributed by atoms with van der Waals surface area (Å²) < 4.78 is 16.9. The number of nitrogens with one attached hydrogen (secondary N) is 2. The quantitative estimate of drug-likeness (QED) is 0.324. The average Bonchev–Trinajstić information content (AvgIpc) is 3.24. The van der Waals surface area contributed by atoms with Crippen LogP contribution in [-0.4, -0.2) is 29.2 Å². The number of ether oxygens (including phenoxy) is 2. The number of aromatic nitrogens is 1. The summed E-state index contributed by atoms with van der Waals surface area (Å²) in [4.78, 5) is 17.2. The van der Waals surface area contributed by atoms with Crippen LogP contribution in [0.3, 0.4) is 0 Å². The number of carbonyl (C=O) groups excluding carboxylic acids is 1. The second-order valence-corrected chi connectivity index (χ2v) is 8.75. The van der Waals surface area contributed by atoms with Crippen molar-refractivity contribution in [2.75, 3.05) is 18.5 Å². The van der Waals surface area contributed by atoms with Gasteiger partial charge in [-0.25, -0.2) is 4.98 Å². The van der Waals surface area contributed by atoms with Crippen molar-refractivity contribution in [2.24, 2.45) is 0 Å². The lowest BCUT2D eigenvalue weighted by Crippen LogP contribution is -2.34. The summed E-state index contributed by atoms with van der Waals surface area (Å²) in [5.41, 5.74) is 3.69. The van der Waals surface area contributed by atoms with E-state index in [1.807, 2.05) is 25.1 Å². The molecule has 0 unspecified atom stereocenters. The third-order valence-corrected chi connectivity index (χ3v) is 5.96. The highest BCUT2D eigenvalue weighted by Gasteiger charge is 2.18. The van der Waals surface area contributed by atoms with E-state index in [2.05, 4.69) is 15.6 Å². The molecule has 0 spiro atoms. The zero-order valence-corrected chi connectivity index (χ0v) is 20.1. The summed E-state index contributed by atoms with van der Waals surface area (Å²) in [6, 6.07) is 13.8. The molecule has 0 radical (unpaired) electrons. The smallest absolute Gasteiger partial charge is 0.257 e. The maximum atomic E-state index is 12.7. The first-order valence-electron chi connectivity index (χ1n) is 10.3. The highest BCUT2D eigenvalue weighted by Crippen LogP contribution is 2.35. The summed E-state index contributed by atoms with van der Waals surface area (Å²) in [5, 5.41) is 6.76. The van der Waals surface area contributed by atoms with Crippen molar-refractivity contribution in [1.29, 1.82) is 0 Å². The monoisotopic (exact) mass is 513 g/mol. The van der Waals surface area contributed by atoms with Crippen LogP contribution in [0, 0.1) is 6.92 Å². The van der Waals surface area contributed by atoms with E-state index in [0.29, 0.717) is 63.0 Å². The number of rotatable bonds is 3. The zero-order chi connectivity index (χ0) is 23.8. The second-order valence-electron chi connectivity index (χ2n) is 7.50. The van der Waals surface area contributed by atoms with Gasteiger partial charge in [0, 0.05) is 21.8 Å². The van der Waals surface area contributed by atoms with Gasteiger partial charge < -0.3 is 19.2 Å². The minimum absolute atomic E-state index is 0.146. The molecule has 0 saturated carbocycles. The van der Waals surface area contributed by atoms with Gasteiger partial charge in [0.1, 0.15) is 18.7 Å². The summed E-state index contributed by atoms with van der Waals surface area (Å²) in [7, 11) is 0. The van der Waals surface area contributed by atoms with Crippen LogP contribution in [-0.2, 0) is 0 Å². The lowest BCUT2D eigenvalue weighted by molar-refractivity contribution is 0.0976. The molecule has 2 heterocycles. The SMILES string of the molecule is Cc1c(NC(=S)NC(=O)c2ccc3c(c2)OCCO3)cccc1-c1nc2cc(Cl)cc(Cl)c2o1. The lowest BCUT2D eigenvalue weighted by Gasteiger charge is -2.19. The van der Waals surface area contributed by atoms with Gasteiger partial charge in [-0.05, 0) is 67.2 Å². The van der Waals surface area contributed by atoms with Crippen LogP contribution in [0.1, 0.15) is 15.9 Å². The largest absolute Gasteiger partial charge is 0.486 e. The summed E-state index contributed by atoms with van der Waals surface area (Å²) >= 11 is 17.7. The number of fused-ring (bicyclic) bond motifs is 2. The van der Waals surface area contributed by atoms with Crippen LogP contribution in [0.25, 0.3) is 22.6 Å². The Labute approximate surface area is 210 Å². The molecule has 1 amide bonds. The molecule has 0 atom stereocenters. The van der Waals surface area contributed by atoms with Crippen molar-refractivity contribution in [3.05, 3.63) is 69.7 Å². The van der Waals surface area contributed by atoms with Crippen LogP contribution >= 0.6 is 35.4 Å². The molecule has 0 saturated heterocycles.